The molecule has 5 heteroatoms. The predicted molar refractivity (Wildman–Crippen MR) is 64.2 cm³/mol. The van der Waals surface area contributed by atoms with Gasteiger partial charge in [0.15, 0.2) is 5.15 Å². The highest BCUT2D eigenvalue weighted by molar-refractivity contribution is 7.99. The Kier molecular flexibility index (Phi) is 3.64. The third-order valence-corrected chi connectivity index (χ3v) is 3.08. The number of para-hydroxylation sites is 1. The fourth-order valence-electron chi connectivity index (χ4n) is 1.17. The van der Waals surface area contributed by atoms with Crippen molar-refractivity contribution in [2.75, 3.05) is 7.11 Å². The molecule has 0 radical (unpaired) electrons. The van der Waals surface area contributed by atoms with Crippen LogP contribution < -0.4 is 4.74 Å². The van der Waals surface area contributed by atoms with Crippen LogP contribution >= 0.6 is 23.4 Å². The topological polar surface area (TPSA) is 35.0 Å². The third-order valence-electron chi connectivity index (χ3n) is 1.89. The highest BCUT2D eigenvalue weighted by atomic mass is 35.5. The number of methoxy groups -OCH3 is 1. The van der Waals surface area contributed by atoms with Crippen LogP contribution in [0, 0.1) is 0 Å². The maximum Gasteiger partial charge on any atom is 0.151 e. The second-order valence-electron chi connectivity index (χ2n) is 2.95. The van der Waals surface area contributed by atoms with Gasteiger partial charge in [-0.1, -0.05) is 35.5 Å². The van der Waals surface area contributed by atoms with E-state index in [1.165, 1.54) is 11.8 Å². The molecule has 0 saturated heterocycles. The van der Waals surface area contributed by atoms with E-state index in [0.29, 0.717) is 5.15 Å². The van der Waals surface area contributed by atoms with Gasteiger partial charge in [-0.3, -0.25) is 0 Å². The molecule has 0 fully saturated rings. The van der Waals surface area contributed by atoms with Gasteiger partial charge >= 0.3 is 0 Å². The number of hydrogen-bond acceptors (Lipinski definition) is 4. The second kappa shape index (κ2) is 5.18. The number of aromatic nitrogens is 2. The van der Waals surface area contributed by atoms with Gasteiger partial charge in [-0.15, -0.1) is 10.2 Å². The molecule has 0 spiro atoms. The molecule has 0 aliphatic heterocycles. The number of benzene rings is 1. The van der Waals surface area contributed by atoms with Crippen LogP contribution in [0.3, 0.4) is 0 Å². The zero-order chi connectivity index (χ0) is 11.4. The van der Waals surface area contributed by atoms with E-state index in [-0.39, 0.29) is 0 Å². The smallest absolute Gasteiger partial charge is 0.151 e. The zero-order valence-corrected chi connectivity index (χ0v) is 10.1. The Morgan fingerprint density at radius 2 is 1.94 bits per heavy atom. The highest BCUT2D eigenvalue weighted by Gasteiger charge is 2.05. The van der Waals surface area contributed by atoms with E-state index in [1.54, 1.807) is 13.2 Å². The van der Waals surface area contributed by atoms with Gasteiger partial charge in [-0.2, -0.15) is 0 Å². The highest BCUT2D eigenvalue weighted by Crippen LogP contribution is 2.33. The van der Waals surface area contributed by atoms with Gasteiger partial charge in [0.25, 0.3) is 0 Å². The van der Waals surface area contributed by atoms with Crippen LogP contribution in [0.1, 0.15) is 0 Å². The average molecular weight is 253 g/mol. The summed E-state index contributed by atoms with van der Waals surface area (Å²) in [5.74, 6) is 0.823. The maximum absolute atomic E-state index is 5.67. The largest absolute Gasteiger partial charge is 0.496 e. The van der Waals surface area contributed by atoms with Gasteiger partial charge in [-0.05, 0) is 24.3 Å². The van der Waals surface area contributed by atoms with Crippen LogP contribution in [0.5, 0.6) is 5.75 Å². The minimum Gasteiger partial charge on any atom is -0.496 e. The summed E-state index contributed by atoms with van der Waals surface area (Å²) in [5.41, 5.74) is 0. The first-order valence-corrected chi connectivity index (χ1v) is 5.79. The molecule has 2 rings (SSSR count). The van der Waals surface area contributed by atoms with Crippen molar-refractivity contribution in [3.05, 3.63) is 41.6 Å². The first-order valence-electron chi connectivity index (χ1n) is 4.59. The molecule has 1 aromatic heterocycles. The molecule has 16 heavy (non-hydrogen) atoms. The standard InChI is InChI=1S/C11H9ClN2OS/c1-15-8-4-2-3-5-9(8)16-11-7-6-10(12)13-14-11/h2-7H,1H3. The van der Waals surface area contributed by atoms with Crippen molar-refractivity contribution in [2.24, 2.45) is 0 Å². The van der Waals surface area contributed by atoms with E-state index in [1.807, 2.05) is 30.3 Å². The molecule has 0 aliphatic carbocycles. The number of halogens is 1. The lowest BCUT2D eigenvalue weighted by Crippen LogP contribution is -1.88. The Labute approximate surface area is 103 Å². The molecule has 0 unspecified atom stereocenters. The molecule has 2 aromatic rings. The molecule has 0 atom stereocenters. The molecule has 82 valence electrons. The summed E-state index contributed by atoms with van der Waals surface area (Å²) in [4.78, 5) is 1.00. The van der Waals surface area contributed by atoms with Crippen molar-refractivity contribution < 1.29 is 4.74 Å². The summed E-state index contributed by atoms with van der Waals surface area (Å²) in [6.07, 6.45) is 0. The molecule has 0 saturated carbocycles. The van der Waals surface area contributed by atoms with E-state index >= 15 is 0 Å². The van der Waals surface area contributed by atoms with E-state index in [2.05, 4.69) is 10.2 Å². The van der Waals surface area contributed by atoms with Crippen LogP contribution in [0.15, 0.2) is 46.3 Å². The number of ether oxygens (including phenoxy) is 1. The van der Waals surface area contributed by atoms with E-state index in [4.69, 9.17) is 16.3 Å². The first kappa shape index (κ1) is 11.2. The van der Waals surface area contributed by atoms with Crippen LogP contribution in [0.25, 0.3) is 0 Å². The van der Waals surface area contributed by atoms with Crippen molar-refractivity contribution in [1.82, 2.24) is 10.2 Å². The quantitative estimate of drug-likeness (QED) is 0.840. The number of rotatable bonds is 3. The van der Waals surface area contributed by atoms with Crippen LogP contribution in [-0.2, 0) is 0 Å². The van der Waals surface area contributed by atoms with Crippen LogP contribution in [0.2, 0.25) is 5.15 Å². The first-order chi connectivity index (χ1) is 7.79. The molecular weight excluding hydrogens is 244 g/mol. The second-order valence-corrected chi connectivity index (χ2v) is 4.40. The molecule has 0 aliphatic rings. The van der Waals surface area contributed by atoms with Crippen molar-refractivity contribution in [3.8, 4) is 5.75 Å². The van der Waals surface area contributed by atoms with E-state index in [9.17, 15) is 0 Å². The lowest BCUT2D eigenvalue weighted by Gasteiger charge is -2.06. The average Bonchev–Trinajstić information content (AvgIpc) is 2.33. The fraction of sp³-hybridized carbons (Fsp3) is 0.0909. The normalized spacial score (nSPS) is 10.1. The molecular formula is C11H9ClN2OS. The summed E-state index contributed by atoms with van der Waals surface area (Å²) in [7, 11) is 1.65. The lowest BCUT2D eigenvalue weighted by atomic mass is 10.3. The molecule has 0 bridgehead atoms. The Bertz CT molecular complexity index is 476. The third kappa shape index (κ3) is 2.65. The fourth-order valence-corrected chi connectivity index (χ4v) is 2.12. The SMILES string of the molecule is COc1ccccc1Sc1ccc(Cl)nn1. The van der Waals surface area contributed by atoms with Crippen molar-refractivity contribution in [3.63, 3.8) is 0 Å². The van der Waals surface area contributed by atoms with Gasteiger partial charge in [-0.25, -0.2) is 0 Å². The van der Waals surface area contributed by atoms with Crippen molar-refractivity contribution in [2.45, 2.75) is 9.92 Å². The van der Waals surface area contributed by atoms with E-state index in [0.717, 1.165) is 15.7 Å². The summed E-state index contributed by atoms with van der Waals surface area (Å²) < 4.78 is 5.25. The Balaban J connectivity index is 2.23. The monoisotopic (exact) mass is 252 g/mol. The zero-order valence-electron chi connectivity index (χ0n) is 8.55. The van der Waals surface area contributed by atoms with Crippen LogP contribution in [0.4, 0.5) is 0 Å². The van der Waals surface area contributed by atoms with Crippen LogP contribution in [-0.4, -0.2) is 17.3 Å². The van der Waals surface area contributed by atoms with Gasteiger partial charge in [0.05, 0.1) is 12.0 Å². The minimum atomic E-state index is 0.393. The Morgan fingerprint density at radius 1 is 1.12 bits per heavy atom. The summed E-state index contributed by atoms with van der Waals surface area (Å²) in [6, 6.07) is 11.3. The molecule has 1 heterocycles. The van der Waals surface area contributed by atoms with Gasteiger partial charge in [0.1, 0.15) is 10.8 Å². The van der Waals surface area contributed by atoms with Gasteiger partial charge in [0, 0.05) is 0 Å². The maximum atomic E-state index is 5.67. The van der Waals surface area contributed by atoms with E-state index < -0.39 is 0 Å². The molecule has 1 aromatic carbocycles. The Hall–Kier alpha value is -1.26. The molecule has 0 amide bonds. The van der Waals surface area contributed by atoms with Gasteiger partial charge < -0.3 is 4.74 Å². The summed E-state index contributed by atoms with van der Waals surface area (Å²) in [5, 5.41) is 8.94. The number of hydrogen-bond donors (Lipinski definition) is 0. The summed E-state index contributed by atoms with van der Waals surface area (Å²) >= 11 is 7.16. The minimum absolute atomic E-state index is 0.393. The van der Waals surface area contributed by atoms with Gasteiger partial charge in [0.2, 0.25) is 0 Å². The Morgan fingerprint density at radius 3 is 2.62 bits per heavy atom. The number of nitrogens with zero attached hydrogens (tertiary/aromatic N) is 2. The molecule has 3 nitrogen and oxygen atoms in total. The predicted octanol–water partition coefficient (Wildman–Crippen LogP) is 3.29. The van der Waals surface area contributed by atoms with Crippen molar-refractivity contribution >= 4 is 23.4 Å². The van der Waals surface area contributed by atoms with Crippen molar-refractivity contribution in [1.29, 1.82) is 0 Å². The lowest BCUT2D eigenvalue weighted by molar-refractivity contribution is 0.405. The summed E-state index contributed by atoms with van der Waals surface area (Å²) in [6.45, 7) is 0. The molecule has 0 N–H and O–H groups in total.